The zero-order valence-electron chi connectivity index (χ0n) is 76.9. The maximum absolute atomic E-state index is 14.4. The summed E-state index contributed by atoms with van der Waals surface area (Å²) in [6.07, 6.45) is 0.924. The minimum absolute atomic E-state index is 0.000978. The number of ether oxygens (including phenoxy) is 19. The van der Waals surface area contributed by atoms with Gasteiger partial charge in [-0.1, -0.05) is 101 Å². The van der Waals surface area contributed by atoms with Crippen molar-refractivity contribution in [2.75, 3.05) is 76.7 Å². The molecular formula is C93H156O31. The van der Waals surface area contributed by atoms with E-state index in [1.54, 1.807) is 54.3 Å². The van der Waals surface area contributed by atoms with Crippen molar-refractivity contribution in [1.29, 1.82) is 0 Å². The molecule has 31 heteroatoms. The molecule has 7 aliphatic rings. The van der Waals surface area contributed by atoms with Gasteiger partial charge in [-0.05, 0) is 129 Å². The van der Waals surface area contributed by atoms with Crippen LogP contribution in [0.25, 0.3) is 0 Å². The van der Waals surface area contributed by atoms with E-state index in [9.17, 15) is 60.3 Å². The largest absolute Gasteiger partial charge is 0.459 e. The lowest BCUT2D eigenvalue weighted by atomic mass is 9.83. The Hall–Kier alpha value is -4.15. The van der Waals surface area contributed by atoms with E-state index in [1.807, 2.05) is 84.9 Å². The number of fused-ring (bicyclic) bond motifs is 4. The number of esters is 3. The Balaban J connectivity index is 1.21. The van der Waals surface area contributed by atoms with Gasteiger partial charge in [0.1, 0.15) is 42.7 Å². The van der Waals surface area contributed by atoms with E-state index in [4.69, 9.17) is 90.0 Å². The molecule has 0 aromatic carbocycles. The predicted molar refractivity (Wildman–Crippen MR) is 458 cm³/mol. The molecule has 0 amide bonds. The fourth-order valence-electron chi connectivity index (χ4n) is 18.4. The molecule has 4 saturated heterocycles. The van der Waals surface area contributed by atoms with E-state index in [2.05, 4.69) is 0 Å². The lowest BCUT2D eigenvalue weighted by Crippen LogP contribution is -2.58. The van der Waals surface area contributed by atoms with Crippen molar-refractivity contribution < 1.29 is 150 Å². The Labute approximate surface area is 736 Å². The lowest BCUT2D eigenvalue weighted by molar-refractivity contribution is -0.296. The summed E-state index contributed by atoms with van der Waals surface area (Å²) in [5.74, 6) is -5.84. The maximum atomic E-state index is 14.4. The summed E-state index contributed by atoms with van der Waals surface area (Å²) in [4.78, 5) is 41.9. The van der Waals surface area contributed by atoms with Crippen molar-refractivity contribution in [2.45, 2.75) is 387 Å². The Morgan fingerprint density at radius 2 is 0.871 bits per heavy atom. The number of allylic oxidation sites excluding steroid dienone is 4. The highest BCUT2D eigenvalue weighted by molar-refractivity contribution is 5.83. The Morgan fingerprint density at radius 1 is 0.460 bits per heavy atom. The maximum Gasteiger partial charge on any atom is 0.337 e. The van der Waals surface area contributed by atoms with E-state index in [1.165, 1.54) is 47.7 Å². The molecule has 31 nitrogen and oxygen atoms in total. The van der Waals surface area contributed by atoms with Gasteiger partial charge in [-0.25, -0.2) is 14.4 Å². The van der Waals surface area contributed by atoms with Crippen LogP contribution in [0.1, 0.15) is 198 Å². The van der Waals surface area contributed by atoms with Crippen LogP contribution in [-0.4, -0.2) is 330 Å². The van der Waals surface area contributed by atoms with Crippen LogP contribution in [0.3, 0.4) is 0 Å². The molecule has 37 atom stereocenters. The smallest absolute Gasteiger partial charge is 0.337 e. The summed E-state index contributed by atoms with van der Waals surface area (Å²) in [5.41, 5.74) is 1.23. The van der Waals surface area contributed by atoms with E-state index >= 15 is 0 Å². The first kappa shape index (κ1) is 107. The number of cyclic esters (lactones) is 2. The Kier molecular flexibility index (Phi) is 47.1. The molecule has 9 N–H and O–H groups in total. The zero-order chi connectivity index (χ0) is 91.0. The van der Waals surface area contributed by atoms with E-state index in [0.717, 1.165) is 19.3 Å². The highest BCUT2D eigenvalue weighted by Gasteiger charge is 2.48. The fourth-order valence-corrected chi connectivity index (χ4v) is 18.4. The molecule has 0 saturated carbocycles. The molecule has 7 rings (SSSR count). The van der Waals surface area contributed by atoms with Gasteiger partial charge < -0.3 is 136 Å². The van der Waals surface area contributed by atoms with Crippen molar-refractivity contribution >= 4 is 17.9 Å². The molecule has 0 aromatic heterocycles. The van der Waals surface area contributed by atoms with Crippen molar-refractivity contribution in [2.24, 2.45) is 35.5 Å². The Morgan fingerprint density at radius 3 is 1.27 bits per heavy atom. The van der Waals surface area contributed by atoms with Crippen LogP contribution >= 0.6 is 0 Å². The van der Waals surface area contributed by atoms with Crippen LogP contribution in [0.15, 0.2) is 71.9 Å². The number of carbonyl (C=O) groups is 3. The third-order valence-corrected chi connectivity index (χ3v) is 26.5. The van der Waals surface area contributed by atoms with Gasteiger partial charge in [0.25, 0.3) is 0 Å². The second-order valence-corrected chi connectivity index (χ2v) is 36.1. The van der Waals surface area contributed by atoms with E-state index in [-0.39, 0.29) is 113 Å². The van der Waals surface area contributed by atoms with Crippen LogP contribution in [0.5, 0.6) is 0 Å². The van der Waals surface area contributed by atoms with Crippen molar-refractivity contribution in [3.63, 3.8) is 0 Å². The average Bonchev–Trinajstić information content (AvgIpc) is 0.807. The molecule has 7 aliphatic heterocycles. The topological polar surface area (TPSA) is 409 Å². The summed E-state index contributed by atoms with van der Waals surface area (Å²) in [6.45, 7) is 17.8. The SMILES string of the molecule is CO[C@H]1C[C@H](CC[C@H](C)[C@H](O)[C@H](C)[C@@H]2C[C@H](O)C[C@H](O)[C@H](C)[C@@H](OC)C[C@@H]3CC=C[C@@H](C[C@@H](O[C@H]4OC[C@H](OC)[C@@H](OC)[C@@H]4O)C/C=C(C)/C=C/C(=O)O[C@H]([C@@H](C)[C@@H](O)[C@@H](C)CC[C@H]4C[C@H](OC)C[C@H](C)O4)C[C@H](O)C[C@H](O)[C@H](C)[C@@H](OC)C[C@@H]4CC=C[C@@H](C[C@@H](O[C@H]5OC[C@H](OC)[C@@H](OC)[C@@H]5OC(=O)[C@H](O)CO)C/C=C(C)/C=C\C(=O)O2)O4)O3)O[C@@H](C)C1. The van der Waals surface area contributed by atoms with Gasteiger partial charge in [0.2, 0.25) is 0 Å². The molecule has 124 heavy (non-hydrogen) atoms. The first-order valence-electron chi connectivity index (χ1n) is 45.2. The fraction of sp³-hybridized carbons (Fsp3) is 0.839. The first-order valence-corrected chi connectivity index (χ1v) is 45.2. The minimum Gasteiger partial charge on any atom is -0.459 e. The number of methoxy groups -OCH3 is 8. The molecular weight excluding hydrogens is 1610 g/mol. The molecule has 0 unspecified atom stereocenters. The number of aliphatic hydroxyl groups is 9. The second kappa shape index (κ2) is 54.6. The third kappa shape index (κ3) is 33.9. The molecule has 714 valence electrons. The highest BCUT2D eigenvalue weighted by atomic mass is 16.7. The number of aliphatic hydroxyl groups excluding tert-OH is 9. The Bertz CT molecular complexity index is 3250. The summed E-state index contributed by atoms with van der Waals surface area (Å²) in [7, 11) is 12.3. The normalized spacial score (nSPS) is 40.2. The van der Waals surface area contributed by atoms with Crippen molar-refractivity contribution in [3.05, 3.63) is 71.9 Å². The first-order chi connectivity index (χ1) is 59.1. The molecule has 7 heterocycles. The molecule has 4 fully saturated rings. The number of carbonyl (C=O) groups excluding carboxylic acids is 3. The molecule has 0 spiro atoms. The van der Waals surface area contributed by atoms with Gasteiger partial charge in [-0.3, -0.25) is 0 Å². The van der Waals surface area contributed by atoms with Gasteiger partial charge in [-0.15, -0.1) is 0 Å². The monoisotopic (exact) mass is 1770 g/mol. The standard InChI is InChI=1S/C93H156O31/c1-52-25-31-70(120-92-87(104)88(112-17)81(110-15)50-114-92)43-64-21-19-23-66(118-64)47-77(108-13)58(7)74(97)39-62(95)42-80(61(10)86(103)55(4)30-34-69-46-73(107-12)38-57(6)117-69)123-84(101)36-28-53(2)26-32-71(121-93-90(124-91(105)76(99)49-94)89(113-18)82(111-16)51-115-93)44-65-22-20-24-67(119-65)48-78(109-14)59(8)75(98)40-63(96)41-79(122-83(100)35-27-52)60(9)85(102)54(3)29-33-68-45-72(106-11)37-56(5)116-68/h19-22,25-28,35-36,54-82,85-90,92-99,102-104H,23-24,29-34,37-51H2,1-18H3/b35-27+,36-28-,52-25+,53-26+/t54-,55-,56-,57-,58-,59-,60+,61+,62+,63+,64-,65-,66-,67-,68-,69-,70-,71-,72+,73+,74-,75-,76+,77-,78-,79-,80-,81-,82-,85-,86-,87-,88+,89+,90-,92+,93+/m0/s1. The van der Waals surface area contributed by atoms with Gasteiger partial charge in [-0.2, -0.15) is 0 Å². The van der Waals surface area contributed by atoms with Crippen molar-refractivity contribution in [1.82, 2.24) is 0 Å². The highest BCUT2D eigenvalue weighted by Crippen LogP contribution is 2.38. The van der Waals surface area contributed by atoms with Gasteiger partial charge in [0.15, 0.2) is 24.8 Å². The quantitative estimate of drug-likeness (QED) is 0.0213. The lowest BCUT2D eigenvalue weighted by Gasteiger charge is -2.42. The third-order valence-electron chi connectivity index (χ3n) is 26.5. The van der Waals surface area contributed by atoms with Crippen molar-refractivity contribution in [3.8, 4) is 0 Å². The van der Waals surface area contributed by atoms with Crippen LogP contribution in [0.2, 0.25) is 0 Å². The van der Waals surface area contributed by atoms with Crippen LogP contribution in [-0.2, 0) is 104 Å². The zero-order valence-corrected chi connectivity index (χ0v) is 76.9. The molecule has 0 aromatic rings. The summed E-state index contributed by atoms with van der Waals surface area (Å²) in [6, 6.07) is 0. The number of hydrogen-bond acceptors (Lipinski definition) is 31. The van der Waals surface area contributed by atoms with Gasteiger partial charge >= 0.3 is 17.9 Å². The van der Waals surface area contributed by atoms with Crippen LogP contribution in [0, 0.1) is 35.5 Å². The summed E-state index contributed by atoms with van der Waals surface area (Å²) >= 11 is 0. The average molecular weight is 1770 g/mol. The molecule has 4 bridgehead atoms. The minimum atomic E-state index is -1.89. The molecule has 0 radical (unpaired) electrons. The van der Waals surface area contributed by atoms with Crippen LogP contribution in [0.4, 0.5) is 0 Å². The van der Waals surface area contributed by atoms with Gasteiger partial charge in [0.05, 0.1) is 142 Å². The summed E-state index contributed by atoms with van der Waals surface area (Å²) in [5, 5.41) is 105. The summed E-state index contributed by atoms with van der Waals surface area (Å²) < 4.78 is 117. The van der Waals surface area contributed by atoms with Gasteiger partial charge in [0, 0.05) is 131 Å². The number of rotatable bonds is 27. The van der Waals surface area contributed by atoms with E-state index in [0.29, 0.717) is 68.9 Å². The van der Waals surface area contributed by atoms with E-state index < -0.39 is 201 Å². The van der Waals surface area contributed by atoms with Crippen LogP contribution < -0.4 is 0 Å². The number of hydrogen-bond donors (Lipinski definition) is 9. The molecule has 0 aliphatic carbocycles. The predicted octanol–water partition coefficient (Wildman–Crippen LogP) is 8.06. The second-order valence-electron chi connectivity index (χ2n) is 36.1.